The number of piperidine rings is 1. The highest BCUT2D eigenvalue weighted by molar-refractivity contribution is 7.92. The van der Waals surface area contributed by atoms with E-state index < -0.39 is 11.8 Å². The van der Waals surface area contributed by atoms with Crippen molar-refractivity contribution in [2.24, 2.45) is 5.92 Å². The maximum Gasteiger partial charge on any atom is 0.314 e. The van der Waals surface area contributed by atoms with Crippen molar-refractivity contribution < 1.29 is 13.5 Å². The molecule has 23 heavy (non-hydrogen) atoms. The summed E-state index contributed by atoms with van der Waals surface area (Å²) in [5.41, 5.74) is 0.634. The van der Waals surface area contributed by atoms with Crippen molar-refractivity contribution in [3.63, 3.8) is 0 Å². The quantitative estimate of drug-likeness (QED) is 0.848. The number of carbonyl (C=O) groups is 2. The molecule has 1 aliphatic rings. The molecule has 7 nitrogen and oxygen atoms in total. The first-order valence-corrected chi connectivity index (χ1v) is 7.98. The largest absolute Gasteiger partial charge is 0.334 e. The van der Waals surface area contributed by atoms with E-state index in [4.69, 9.17) is 0 Å². The summed E-state index contributed by atoms with van der Waals surface area (Å²) in [7, 11) is 0. The van der Waals surface area contributed by atoms with Crippen molar-refractivity contribution in [2.45, 2.75) is 19.8 Å². The van der Waals surface area contributed by atoms with Crippen molar-refractivity contribution >= 4 is 40.7 Å². The molecule has 2 aromatic rings. The van der Waals surface area contributed by atoms with Gasteiger partial charge in [-0.15, -0.1) is 3.89 Å². The second kappa shape index (κ2) is 6.53. The number of hydrogen-bond donors (Lipinski definition) is 1. The predicted octanol–water partition coefficient (Wildman–Crippen LogP) is 2.01. The topological polar surface area (TPSA) is 80.1 Å². The van der Waals surface area contributed by atoms with Gasteiger partial charge >= 0.3 is 11.8 Å². The summed E-state index contributed by atoms with van der Waals surface area (Å²) in [6, 6.07) is 0. The van der Waals surface area contributed by atoms with Gasteiger partial charge < -0.3 is 10.2 Å². The van der Waals surface area contributed by atoms with Crippen LogP contribution in [0.15, 0.2) is 18.6 Å². The van der Waals surface area contributed by atoms with E-state index >= 15 is 0 Å². The van der Waals surface area contributed by atoms with Crippen LogP contribution < -0.4 is 5.32 Å². The molecule has 0 bridgehead atoms. The predicted molar refractivity (Wildman–Crippen MR) is 85.2 cm³/mol. The van der Waals surface area contributed by atoms with Gasteiger partial charge in [0, 0.05) is 24.7 Å². The van der Waals surface area contributed by atoms with Gasteiger partial charge in [0.1, 0.15) is 5.52 Å². The SMILES string of the molecule is CC1CCCN(C(=O)C(=O)Nc2cncc3cnn(SF)c23)C1. The smallest absolute Gasteiger partial charge is 0.314 e. The molecule has 3 rings (SSSR count). The van der Waals surface area contributed by atoms with Crippen LogP contribution in [-0.2, 0) is 9.59 Å². The van der Waals surface area contributed by atoms with Crippen molar-refractivity contribution in [1.29, 1.82) is 0 Å². The molecule has 1 fully saturated rings. The Bertz CT molecular complexity index is 750. The number of nitrogens with zero attached hydrogens (tertiary/aromatic N) is 4. The summed E-state index contributed by atoms with van der Waals surface area (Å²) in [5, 5.41) is 6.94. The van der Waals surface area contributed by atoms with Crippen molar-refractivity contribution in [3.05, 3.63) is 18.6 Å². The summed E-state index contributed by atoms with van der Waals surface area (Å²) < 4.78 is 13.9. The van der Waals surface area contributed by atoms with Crippen LogP contribution in [0.1, 0.15) is 19.8 Å². The van der Waals surface area contributed by atoms with Gasteiger partial charge in [-0.25, -0.2) is 0 Å². The molecule has 1 aliphatic heterocycles. The van der Waals surface area contributed by atoms with E-state index in [1.807, 2.05) is 0 Å². The van der Waals surface area contributed by atoms with Gasteiger partial charge in [-0.1, -0.05) is 6.92 Å². The Hall–Kier alpha value is -2.16. The first-order valence-electron chi connectivity index (χ1n) is 7.31. The van der Waals surface area contributed by atoms with Crippen LogP contribution in [0.3, 0.4) is 0 Å². The number of fused-ring (bicyclic) bond motifs is 1. The molecule has 122 valence electrons. The average Bonchev–Trinajstić information content (AvgIpc) is 2.98. The molecule has 0 spiro atoms. The first-order chi connectivity index (χ1) is 11.1. The molecule has 9 heteroatoms. The maximum absolute atomic E-state index is 12.9. The monoisotopic (exact) mass is 337 g/mol. The molecule has 3 heterocycles. The van der Waals surface area contributed by atoms with Crippen LogP contribution in [0.5, 0.6) is 0 Å². The number of aromatic nitrogens is 3. The summed E-state index contributed by atoms with van der Waals surface area (Å²) >= 11 is -0.0859. The lowest BCUT2D eigenvalue weighted by Gasteiger charge is -2.30. The number of likely N-dealkylation sites (tertiary alicyclic amines) is 1. The molecule has 0 aliphatic carbocycles. The normalized spacial score (nSPS) is 18.2. The van der Waals surface area contributed by atoms with Crippen LogP contribution in [0, 0.1) is 5.92 Å². The second-order valence-corrected chi connectivity index (χ2v) is 6.15. The summed E-state index contributed by atoms with van der Waals surface area (Å²) in [6.45, 7) is 3.21. The number of nitrogens with one attached hydrogen (secondary N) is 1. The lowest BCUT2D eigenvalue weighted by atomic mass is 10.0. The molecule has 1 unspecified atom stereocenters. The Morgan fingerprint density at radius 3 is 2.96 bits per heavy atom. The van der Waals surface area contributed by atoms with E-state index in [-0.39, 0.29) is 18.0 Å². The Kier molecular flexibility index (Phi) is 4.46. The summed E-state index contributed by atoms with van der Waals surface area (Å²) in [6.07, 6.45) is 6.28. The van der Waals surface area contributed by atoms with Gasteiger partial charge in [0.2, 0.25) is 0 Å². The van der Waals surface area contributed by atoms with Crippen LogP contribution in [0.2, 0.25) is 0 Å². The van der Waals surface area contributed by atoms with E-state index in [1.54, 1.807) is 4.90 Å². The van der Waals surface area contributed by atoms with Crippen LogP contribution in [0.25, 0.3) is 10.9 Å². The lowest BCUT2D eigenvalue weighted by Crippen LogP contribution is -2.44. The highest BCUT2D eigenvalue weighted by atomic mass is 32.2. The zero-order valence-electron chi connectivity index (χ0n) is 12.5. The maximum atomic E-state index is 12.9. The Labute approximate surface area is 136 Å². The highest BCUT2D eigenvalue weighted by Gasteiger charge is 2.26. The first kappa shape index (κ1) is 15.7. The molecule has 0 saturated carbocycles. The third-order valence-corrected chi connectivity index (χ3v) is 4.30. The van der Waals surface area contributed by atoms with Gasteiger partial charge in [-0.05, 0) is 18.8 Å². The minimum absolute atomic E-state index is 0.0859. The number of carbonyl (C=O) groups excluding carboxylic acids is 2. The van der Waals surface area contributed by atoms with E-state index in [1.165, 1.54) is 18.6 Å². The highest BCUT2D eigenvalue weighted by Crippen LogP contribution is 2.25. The average molecular weight is 337 g/mol. The van der Waals surface area contributed by atoms with Crippen LogP contribution in [-0.4, -0.2) is 44.0 Å². The lowest BCUT2D eigenvalue weighted by molar-refractivity contribution is -0.144. The Morgan fingerprint density at radius 1 is 1.39 bits per heavy atom. The molecule has 0 aromatic carbocycles. The fraction of sp³-hybridized carbons (Fsp3) is 0.429. The van der Waals surface area contributed by atoms with Crippen LogP contribution in [0.4, 0.5) is 9.57 Å². The summed E-state index contributed by atoms with van der Waals surface area (Å²) in [5.74, 6) is -0.938. The number of pyridine rings is 1. The molecule has 1 saturated heterocycles. The fourth-order valence-corrected chi connectivity index (χ4v) is 3.14. The number of amides is 2. The van der Waals surface area contributed by atoms with Gasteiger partial charge in [-0.3, -0.25) is 14.6 Å². The number of rotatable bonds is 2. The van der Waals surface area contributed by atoms with Gasteiger partial charge in [0.25, 0.3) is 0 Å². The van der Waals surface area contributed by atoms with E-state index in [9.17, 15) is 13.5 Å². The molecular formula is C14H16FN5O2S. The number of anilines is 1. The standard InChI is InChI=1S/C14H16FN5O2S/c1-9-3-2-4-19(8-9)14(22)13(21)18-11-7-16-5-10-6-17-20(23-15)12(10)11/h5-7,9H,2-4,8H2,1H3,(H,18,21). The Morgan fingerprint density at radius 2 is 2.22 bits per heavy atom. The minimum Gasteiger partial charge on any atom is -0.334 e. The van der Waals surface area contributed by atoms with E-state index in [0.717, 1.165) is 16.9 Å². The molecule has 1 N–H and O–H groups in total. The Balaban J connectivity index is 1.80. The minimum atomic E-state index is -0.745. The zero-order chi connectivity index (χ0) is 16.4. The second-order valence-electron chi connectivity index (χ2n) is 5.66. The van der Waals surface area contributed by atoms with Crippen molar-refractivity contribution in [2.75, 3.05) is 18.4 Å². The number of halogens is 1. The summed E-state index contributed by atoms with van der Waals surface area (Å²) in [4.78, 5) is 30.0. The molecule has 1 atom stereocenters. The number of hydrogen-bond acceptors (Lipinski definition) is 5. The third-order valence-electron chi connectivity index (χ3n) is 3.89. The molecule has 2 amide bonds. The van der Waals surface area contributed by atoms with Crippen molar-refractivity contribution in [3.8, 4) is 0 Å². The van der Waals surface area contributed by atoms with Gasteiger partial charge in [-0.2, -0.15) is 9.19 Å². The van der Waals surface area contributed by atoms with E-state index in [0.29, 0.717) is 29.9 Å². The molecule has 0 radical (unpaired) electrons. The zero-order valence-corrected chi connectivity index (χ0v) is 13.3. The van der Waals surface area contributed by atoms with Crippen LogP contribution >= 0.6 is 12.3 Å². The fourth-order valence-electron chi connectivity index (χ4n) is 2.79. The van der Waals surface area contributed by atoms with E-state index in [2.05, 4.69) is 22.3 Å². The van der Waals surface area contributed by atoms with Gasteiger partial charge in [0.05, 0.1) is 18.1 Å². The molecular weight excluding hydrogens is 321 g/mol. The molecule has 2 aromatic heterocycles. The third kappa shape index (κ3) is 3.14. The van der Waals surface area contributed by atoms with Gasteiger partial charge in [0.15, 0.2) is 12.3 Å². The van der Waals surface area contributed by atoms with Crippen molar-refractivity contribution in [1.82, 2.24) is 19.1 Å².